The number of nitrogens with two attached hydrogens (primary N) is 1. The van der Waals surface area contributed by atoms with E-state index in [2.05, 4.69) is 5.84 Å². The van der Waals surface area contributed by atoms with Gasteiger partial charge in [-0.25, -0.2) is 5.20 Å². The molecule has 32 valence electrons. The molecule has 0 bridgehead atoms. The average molecular weight is 114 g/mol. The Kier molecular flexibility index (Phi) is 3.16. The van der Waals surface area contributed by atoms with Crippen LogP contribution in [0.15, 0.2) is 0 Å². The van der Waals surface area contributed by atoms with Gasteiger partial charge in [-0.15, -0.1) is 0 Å². The first kappa shape index (κ1) is 5.60. The summed E-state index contributed by atoms with van der Waals surface area (Å²) < 4.78 is 0. The lowest BCUT2D eigenvalue weighted by atomic mass is 13.0. The summed E-state index contributed by atoms with van der Waals surface area (Å²) >= 11 is 4.85. The van der Waals surface area contributed by atoms with Crippen LogP contribution in [0.25, 0.3) is 0 Å². The summed E-state index contributed by atoms with van der Waals surface area (Å²) in [5.74, 6) is 4.57. The first-order valence-corrected chi connectivity index (χ1v) is 3.08. The predicted octanol–water partition coefficient (Wildman–Crippen LogP) is -0.0923. The molecule has 1 atom stereocenters. The van der Waals surface area contributed by atoms with Crippen LogP contribution in [0.2, 0.25) is 0 Å². The molecule has 3 nitrogen and oxygen atoms in total. The summed E-state index contributed by atoms with van der Waals surface area (Å²) in [5, 5.41) is 1.91. The molecule has 0 saturated carbocycles. The van der Waals surface area contributed by atoms with Crippen LogP contribution in [0, 0.1) is 0 Å². The van der Waals surface area contributed by atoms with Crippen LogP contribution in [0.3, 0.4) is 0 Å². The second-order valence-corrected chi connectivity index (χ2v) is 2.13. The Morgan fingerprint density at radius 3 is 2.20 bits per heavy atom. The first-order valence-electron chi connectivity index (χ1n) is 0.881. The van der Waals surface area contributed by atoms with Crippen molar-refractivity contribution in [3.8, 4) is 0 Å². The Labute approximate surface area is 35.8 Å². The fourth-order valence-electron chi connectivity index (χ4n) is 0. The normalized spacial score (nSPS) is 15.0. The molecular formula is H4ClN2OP. The Hall–Kier alpha value is 0.600. The second kappa shape index (κ2) is 2.82. The zero-order valence-corrected chi connectivity index (χ0v) is 4.00. The van der Waals surface area contributed by atoms with Crippen LogP contribution in [0.1, 0.15) is 0 Å². The van der Waals surface area contributed by atoms with E-state index < -0.39 is 7.65 Å². The number of halogens is 1. The van der Waals surface area contributed by atoms with Gasteiger partial charge in [-0.2, -0.15) is 0 Å². The van der Waals surface area contributed by atoms with E-state index in [0.29, 0.717) is 0 Å². The summed E-state index contributed by atoms with van der Waals surface area (Å²) in [4.78, 5) is 7.96. The second-order valence-electron chi connectivity index (χ2n) is 0.389. The highest BCUT2D eigenvalue weighted by Gasteiger charge is 1.84. The molecule has 5 heavy (non-hydrogen) atoms. The Morgan fingerprint density at radius 2 is 2.20 bits per heavy atom. The number of nitrogens with one attached hydrogen (secondary N) is 1. The van der Waals surface area contributed by atoms with Crippen LogP contribution in [-0.2, 0) is 0 Å². The first-order chi connectivity index (χ1) is 2.27. The van der Waals surface area contributed by atoms with E-state index in [1.807, 2.05) is 5.20 Å². The van der Waals surface area contributed by atoms with Crippen molar-refractivity contribution in [1.82, 2.24) is 5.20 Å². The molecule has 0 rings (SSSR count). The van der Waals surface area contributed by atoms with Crippen molar-refractivity contribution >= 4 is 18.9 Å². The van der Waals surface area contributed by atoms with Crippen LogP contribution < -0.4 is 11.0 Å². The lowest BCUT2D eigenvalue weighted by Gasteiger charge is -1.89. The summed E-state index contributed by atoms with van der Waals surface area (Å²) in [7, 11) is -1.60. The molecule has 0 aromatic heterocycles. The molecule has 4 N–H and O–H groups in total. The fraction of sp³-hybridized carbons (Fsp3) is 0. The van der Waals surface area contributed by atoms with E-state index in [0.717, 1.165) is 0 Å². The van der Waals surface area contributed by atoms with Crippen molar-refractivity contribution in [3.05, 3.63) is 0 Å². The minimum atomic E-state index is -1.60. The molecule has 5 heteroatoms. The molecule has 0 radical (unpaired) electrons. The minimum absolute atomic E-state index is 1.60. The number of rotatable bonds is 1. The number of hydrogen-bond donors (Lipinski definition) is 3. The highest BCUT2D eigenvalue weighted by molar-refractivity contribution is 7.77. The van der Waals surface area contributed by atoms with Gasteiger partial charge in [0.25, 0.3) is 0 Å². The molecule has 0 fully saturated rings. The smallest absolute Gasteiger partial charge is 0.215 e. The van der Waals surface area contributed by atoms with Gasteiger partial charge in [0.05, 0.1) is 0 Å². The van der Waals surface area contributed by atoms with E-state index in [-0.39, 0.29) is 0 Å². The number of hydrogen-bond acceptors (Lipinski definition) is 3. The van der Waals surface area contributed by atoms with Crippen LogP contribution in [0.5, 0.6) is 0 Å². The van der Waals surface area contributed by atoms with E-state index in [1.165, 1.54) is 0 Å². The predicted molar refractivity (Wildman–Crippen MR) is 22.3 cm³/mol. The molecule has 0 aromatic rings. The standard InChI is InChI=1S/ClH4N2OP/c1-5(4)3-2/h3-4H,2H2. The largest absolute Gasteiger partial charge is 0.347 e. The SMILES string of the molecule is NNP(O)Cl. The third kappa shape index (κ3) is 4.60. The van der Waals surface area contributed by atoms with E-state index in [1.54, 1.807) is 0 Å². The van der Waals surface area contributed by atoms with Gasteiger partial charge >= 0.3 is 0 Å². The summed E-state index contributed by atoms with van der Waals surface area (Å²) in [6.45, 7) is 0. The molecule has 0 aliphatic rings. The summed E-state index contributed by atoms with van der Waals surface area (Å²) in [6, 6.07) is 0. The van der Waals surface area contributed by atoms with Crippen molar-refractivity contribution in [1.29, 1.82) is 0 Å². The van der Waals surface area contributed by atoms with Crippen molar-refractivity contribution in [3.63, 3.8) is 0 Å². The third-order valence-electron chi connectivity index (χ3n) is 0.107. The molecule has 0 aliphatic heterocycles. The summed E-state index contributed by atoms with van der Waals surface area (Å²) in [5.41, 5.74) is 0. The zero-order valence-electron chi connectivity index (χ0n) is 2.35. The Morgan fingerprint density at radius 1 is 2.00 bits per heavy atom. The van der Waals surface area contributed by atoms with Gasteiger partial charge < -0.3 is 4.89 Å². The van der Waals surface area contributed by atoms with Crippen molar-refractivity contribution in [2.24, 2.45) is 5.84 Å². The highest BCUT2D eigenvalue weighted by atomic mass is 35.7. The lowest BCUT2D eigenvalue weighted by molar-refractivity contribution is 0.626. The molecule has 0 saturated heterocycles. The molecule has 0 amide bonds. The van der Waals surface area contributed by atoms with Gasteiger partial charge in [-0.1, -0.05) is 0 Å². The van der Waals surface area contributed by atoms with Gasteiger partial charge in [0, 0.05) is 0 Å². The molecular weight excluding hydrogens is 110 g/mol. The molecule has 1 unspecified atom stereocenters. The van der Waals surface area contributed by atoms with E-state index >= 15 is 0 Å². The molecule has 0 heterocycles. The molecule has 0 aromatic carbocycles. The topological polar surface area (TPSA) is 58.3 Å². The maximum atomic E-state index is 7.96. The maximum Gasteiger partial charge on any atom is 0.215 e. The van der Waals surface area contributed by atoms with E-state index in [4.69, 9.17) is 16.1 Å². The average Bonchev–Trinajstić information content (AvgIpc) is 1.38. The van der Waals surface area contributed by atoms with Gasteiger partial charge in [-0.3, -0.25) is 5.84 Å². The van der Waals surface area contributed by atoms with Gasteiger partial charge in [-0.05, 0) is 11.2 Å². The minimum Gasteiger partial charge on any atom is -0.347 e. The van der Waals surface area contributed by atoms with Gasteiger partial charge in [0.1, 0.15) is 0 Å². The lowest BCUT2D eigenvalue weighted by Crippen LogP contribution is -2.11. The molecule has 0 spiro atoms. The van der Waals surface area contributed by atoms with Gasteiger partial charge in [0.2, 0.25) is 7.65 Å². The van der Waals surface area contributed by atoms with Crippen molar-refractivity contribution in [2.45, 2.75) is 0 Å². The number of hydrazine groups is 1. The van der Waals surface area contributed by atoms with Crippen LogP contribution in [-0.4, -0.2) is 4.89 Å². The van der Waals surface area contributed by atoms with Crippen molar-refractivity contribution in [2.75, 3.05) is 0 Å². The fourth-order valence-corrected chi connectivity index (χ4v) is 0. The third-order valence-corrected chi connectivity index (χ3v) is 0.612. The monoisotopic (exact) mass is 114 g/mol. The van der Waals surface area contributed by atoms with Crippen molar-refractivity contribution < 1.29 is 4.89 Å². The van der Waals surface area contributed by atoms with E-state index in [9.17, 15) is 0 Å². The maximum absolute atomic E-state index is 7.96. The van der Waals surface area contributed by atoms with Crippen LogP contribution in [0.4, 0.5) is 0 Å². The Balaban J connectivity index is 2.54. The molecule has 0 aliphatic carbocycles. The zero-order chi connectivity index (χ0) is 4.28. The van der Waals surface area contributed by atoms with Crippen LogP contribution >= 0.6 is 18.9 Å². The Bertz CT molecular complexity index is 23.6. The highest BCUT2D eigenvalue weighted by Crippen LogP contribution is 2.26. The van der Waals surface area contributed by atoms with Gasteiger partial charge in [0.15, 0.2) is 0 Å². The quantitative estimate of drug-likeness (QED) is 0.254. The summed E-state index contributed by atoms with van der Waals surface area (Å²) in [6.07, 6.45) is 0.